The third-order valence-electron chi connectivity index (χ3n) is 3.33. The Labute approximate surface area is 109 Å². The monoisotopic (exact) mass is 270 g/mol. The van der Waals surface area contributed by atoms with Crippen LogP contribution in [0.2, 0.25) is 0 Å². The lowest BCUT2D eigenvalue weighted by atomic mass is 9.92. The fourth-order valence-electron chi connectivity index (χ4n) is 2.21. The van der Waals surface area contributed by atoms with Crippen LogP contribution in [0.1, 0.15) is 11.1 Å². The molecule has 102 valence electrons. The summed E-state index contributed by atoms with van der Waals surface area (Å²) >= 11 is 0. The maximum absolute atomic E-state index is 12.8. The lowest BCUT2D eigenvalue weighted by molar-refractivity contribution is -0.312. The summed E-state index contributed by atoms with van der Waals surface area (Å²) in [7, 11) is 1.08. The zero-order valence-electron chi connectivity index (χ0n) is 10.4. The molecule has 0 amide bonds. The highest BCUT2D eigenvalue weighted by atomic mass is 19.4. The molecule has 1 aliphatic rings. The Hall–Kier alpha value is -1.58. The Morgan fingerprint density at radius 1 is 1.42 bits per heavy atom. The number of hydrogen-bond donors (Lipinski definition) is 0. The standard InChI is InChI=1S/C13H13F3N2O/c1-19-12(13(14,15)16)8-18(9-12)7-11-4-2-3-10(5-11)6-17/h2-5H,7-9H2,1H3. The van der Waals surface area contributed by atoms with Crippen molar-refractivity contribution in [1.29, 1.82) is 5.26 Å². The molecule has 1 aromatic carbocycles. The number of benzene rings is 1. The van der Waals surface area contributed by atoms with Gasteiger partial charge in [-0.3, -0.25) is 4.90 Å². The van der Waals surface area contributed by atoms with Gasteiger partial charge in [0.25, 0.3) is 0 Å². The highest BCUT2D eigenvalue weighted by Gasteiger charge is 2.62. The van der Waals surface area contributed by atoms with Gasteiger partial charge in [-0.25, -0.2) is 0 Å². The van der Waals surface area contributed by atoms with Gasteiger partial charge in [0, 0.05) is 26.7 Å². The van der Waals surface area contributed by atoms with Crippen LogP contribution >= 0.6 is 0 Å². The Morgan fingerprint density at radius 2 is 2.11 bits per heavy atom. The molecule has 1 saturated heterocycles. The van der Waals surface area contributed by atoms with Crippen molar-refractivity contribution >= 4 is 0 Å². The van der Waals surface area contributed by atoms with Gasteiger partial charge < -0.3 is 4.74 Å². The van der Waals surface area contributed by atoms with Crippen LogP contribution in [0.15, 0.2) is 24.3 Å². The first-order valence-electron chi connectivity index (χ1n) is 5.73. The molecule has 0 saturated carbocycles. The topological polar surface area (TPSA) is 36.3 Å². The summed E-state index contributed by atoms with van der Waals surface area (Å²) in [6.07, 6.45) is -4.35. The molecule has 3 nitrogen and oxygen atoms in total. The molecule has 1 aromatic rings. The second-order valence-corrected chi connectivity index (χ2v) is 4.65. The Kier molecular flexibility index (Phi) is 3.52. The predicted molar refractivity (Wildman–Crippen MR) is 62.2 cm³/mol. The number of nitriles is 1. The third kappa shape index (κ3) is 2.57. The summed E-state index contributed by atoms with van der Waals surface area (Å²) < 4.78 is 43.0. The normalized spacial score (nSPS) is 18.7. The second kappa shape index (κ2) is 4.83. The Morgan fingerprint density at radius 3 is 2.63 bits per heavy atom. The van der Waals surface area contributed by atoms with Gasteiger partial charge in [-0.2, -0.15) is 18.4 Å². The number of rotatable bonds is 3. The quantitative estimate of drug-likeness (QED) is 0.845. The number of hydrogen-bond acceptors (Lipinski definition) is 3. The highest BCUT2D eigenvalue weighted by molar-refractivity contribution is 5.32. The molecule has 19 heavy (non-hydrogen) atoms. The van der Waals surface area contributed by atoms with E-state index in [1.54, 1.807) is 29.2 Å². The number of alkyl halides is 3. The number of likely N-dealkylation sites (tertiary alicyclic amines) is 1. The van der Waals surface area contributed by atoms with Crippen LogP contribution < -0.4 is 0 Å². The molecule has 0 N–H and O–H groups in total. The second-order valence-electron chi connectivity index (χ2n) is 4.65. The summed E-state index contributed by atoms with van der Waals surface area (Å²) in [4.78, 5) is 1.65. The van der Waals surface area contributed by atoms with E-state index in [1.165, 1.54) is 0 Å². The summed E-state index contributed by atoms with van der Waals surface area (Å²) in [5, 5.41) is 8.76. The van der Waals surface area contributed by atoms with E-state index in [9.17, 15) is 13.2 Å². The average molecular weight is 270 g/mol. The first kappa shape index (κ1) is 13.8. The van der Waals surface area contributed by atoms with Crippen molar-refractivity contribution < 1.29 is 17.9 Å². The largest absolute Gasteiger partial charge is 0.419 e. The van der Waals surface area contributed by atoms with E-state index < -0.39 is 11.8 Å². The molecule has 0 aromatic heterocycles. The molecule has 0 bridgehead atoms. The molecule has 1 aliphatic heterocycles. The minimum atomic E-state index is -4.35. The van der Waals surface area contributed by atoms with Gasteiger partial charge in [0.05, 0.1) is 11.6 Å². The molecular formula is C13H13F3N2O. The zero-order valence-corrected chi connectivity index (χ0v) is 10.4. The van der Waals surface area contributed by atoms with E-state index in [4.69, 9.17) is 5.26 Å². The van der Waals surface area contributed by atoms with Gasteiger partial charge in [-0.15, -0.1) is 0 Å². The zero-order chi connectivity index (χ0) is 14.1. The molecule has 0 aliphatic carbocycles. The third-order valence-corrected chi connectivity index (χ3v) is 3.33. The molecule has 0 unspecified atom stereocenters. The molecule has 0 atom stereocenters. The van der Waals surface area contributed by atoms with Crippen molar-refractivity contribution in [3.8, 4) is 6.07 Å². The number of nitrogens with zero attached hydrogens (tertiary/aromatic N) is 2. The van der Waals surface area contributed by atoms with Crippen LogP contribution in [0.5, 0.6) is 0 Å². The van der Waals surface area contributed by atoms with Gasteiger partial charge in [0.2, 0.25) is 0 Å². The van der Waals surface area contributed by atoms with Crippen LogP contribution in [0.3, 0.4) is 0 Å². The molecule has 2 rings (SSSR count). The van der Waals surface area contributed by atoms with Crippen LogP contribution in [0.4, 0.5) is 13.2 Å². The number of halogens is 3. The average Bonchev–Trinajstić information content (AvgIpc) is 2.32. The van der Waals surface area contributed by atoms with Crippen LogP contribution in [-0.4, -0.2) is 36.9 Å². The van der Waals surface area contributed by atoms with E-state index in [0.29, 0.717) is 12.1 Å². The van der Waals surface area contributed by atoms with Crippen molar-refractivity contribution in [2.24, 2.45) is 0 Å². The van der Waals surface area contributed by atoms with Gasteiger partial charge in [-0.05, 0) is 17.7 Å². The highest BCUT2D eigenvalue weighted by Crippen LogP contribution is 2.40. The van der Waals surface area contributed by atoms with Crippen molar-refractivity contribution in [2.75, 3.05) is 20.2 Å². The summed E-state index contributed by atoms with van der Waals surface area (Å²) in [5.74, 6) is 0. The molecule has 1 fully saturated rings. The minimum Gasteiger partial charge on any atom is -0.366 e. The maximum atomic E-state index is 12.8. The Bertz CT molecular complexity index is 501. The smallest absolute Gasteiger partial charge is 0.366 e. The molecular weight excluding hydrogens is 257 g/mol. The van der Waals surface area contributed by atoms with Crippen LogP contribution in [0.25, 0.3) is 0 Å². The van der Waals surface area contributed by atoms with Gasteiger partial charge >= 0.3 is 6.18 Å². The van der Waals surface area contributed by atoms with Crippen LogP contribution in [-0.2, 0) is 11.3 Å². The van der Waals surface area contributed by atoms with Crippen molar-refractivity contribution in [3.05, 3.63) is 35.4 Å². The molecule has 0 radical (unpaired) electrons. The Balaban J connectivity index is 2.00. The van der Waals surface area contributed by atoms with Gasteiger partial charge in [0.1, 0.15) is 0 Å². The van der Waals surface area contributed by atoms with Gasteiger partial charge in [0.15, 0.2) is 5.60 Å². The molecule has 0 spiro atoms. The van der Waals surface area contributed by atoms with E-state index >= 15 is 0 Å². The summed E-state index contributed by atoms with van der Waals surface area (Å²) in [6, 6.07) is 8.86. The van der Waals surface area contributed by atoms with E-state index in [1.807, 2.05) is 6.07 Å². The van der Waals surface area contributed by atoms with E-state index in [2.05, 4.69) is 4.74 Å². The van der Waals surface area contributed by atoms with Crippen molar-refractivity contribution in [3.63, 3.8) is 0 Å². The fourth-order valence-corrected chi connectivity index (χ4v) is 2.21. The fraction of sp³-hybridized carbons (Fsp3) is 0.462. The maximum Gasteiger partial charge on any atom is 0.419 e. The molecule has 1 heterocycles. The van der Waals surface area contributed by atoms with E-state index in [-0.39, 0.29) is 13.1 Å². The molecule has 6 heteroatoms. The van der Waals surface area contributed by atoms with Crippen molar-refractivity contribution in [2.45, 2.75) is 18.3 Å². The first-order valence-corrected chi connectivity index (χ1v) is 5.73. The van der Waals surface area contributed by atoms with Gasteiger partial charge in [-0.1, -0.05) is 12.1 Å². The minimum absolute atomic E-state index is 0.177. The van der Waals surface area contributed by atoms with Crippen molar-refractivity contribution in [1.82, 2.24) is 4.90 Å². The predicted octanol–water partition coefficient (Wildman–Crippen LogP) is 2.32. The summed E-state index contributed by atoms with van der Waals surface area (Å²) in [6.45, 7) is 0.0320. The van der Waals surface area contributed by atoms with E-state index in [0.717, 1.165) is 12.7 Å². The first-order chi connectivity index (χ1) is 8.90. The lowest BCUT2D eigenvalue weighted by Crippen LogP contribution is -2.69. The lowest BCUT2D eigenvalue weighted by Gasteiger charge is -2.49. The SMILES string of the molecule is COC1(C(F)(F)F)CN(Cc2cccc(C#N)c2)C1. The summed E-state index contributed by atoms with van der Waals surface area (Å²) in [5.41, 5.74) is -0.711. The number of ether oxygens (including phenoxy) is 1. The van der Waals surface area contributed by atoms with Crippen LogP contribution in [0, 0.1) is 11.3 Å². The number of methoxy groups -OCH3 is 1.